The quantitative estimate of drug-likeness (QED) is 0.407. The van der Waals surface area contributed by atoms with Crippen LogP contribution in [0.25, 0.3) is 0 Å². The predicted molar refractivity (Wildman–Crippen MR) is 126 cm³/mol. The summed E-state index contributed by atoms with van der Waals surface area (Å²) in [5.41, 5.74) is 1.53. The summed E-state index contributed by atoms with van der Waals surface area (Å²) in [7, 11) is -2.70. The first-order valence-electron chi connectivity index (χ1n) is 10.1. The Morgan fingerprint density at radius 3 is 2.50 bits per heavy atom. The topological polar surface area (TPSA) is 126 Å². The van der Waals surface area contributed by atoms with E-state index in [0.717, 1.165) is 5.56 Å². The van der Waals surface area contributed by atoms with E-state index in [1.165, 1.54) is 37.6 Å². The summed E-state index contributed by atoms with van der Waals surface area (Å²) in [5.74, 6) is 0.0376. The van der Waals surface area contributed by atoms with Gasteiger partial charge in [-0.25, -0.2) is 12.7 Å². The van der Waals surface area contributed by atoms with Crippen molar-refractivity contribution in [2.45, 2.75) is 17.9 Å². The van der Waals surface area contributed by atoms with Crippen LogP contribution in [0.5, 0.6) is 5.75 Å². The van der Waals surface area contributed by atoms with Crippen LogP contribution < -0.4 is 14.4 Å². The summed E-state index contributed by atoms with van der Waals surface area (Å²) in [6.07, 6.45) is 1.84. The molecule has 3 aromatic rings. The molecule has 0 aliphatic heterocycles. The summed E-state index contributed by atoms with van der Waals surface area (Å²) in [6, 6.07) is 13.5. The number of nitrogens with zero attached hydrogens (tertiary/aromatic N) is 2. The van der Waals surface area contributed by atoms with Crippen molar-refractivity contribution in [2.75, 3.05) is 18.0 Å². The number of aliphatic hydroxyl groups excluding tert-OH is 1. The molecule has 1 aromatic heterocycles. The maximum atomic E-state index is 12.9. The Kier molecular flexibility index (Phi) is 8.21. The number of rotatable bonds is 10. The fourth-order valence-corrected chi connectivity index (χ4v) is 4.47. The number of methoxy groups -OCH3 is 1. The molecule has 0 saturated carbocycles. The number of carbonyl (C=O) groups is 2. The van der Waals surface area contributed by atoms with E-state index in [0.29, 0.717) is 39.3 Å². The van der Waals surface area contributed by atoms with Crippen molar-refractivity contribution < 1.29 is 27.9 Å². The van der Waals surface area contributed by atoms with Crippen LogP contribution in [0, 0.1) is 0 Å². The first-order valence-corrected chi connectivity index (χ1v) is 11.9. The molecular formula is C23H22ClN3O6S. The Labute approximate surface area is 202 Å². The number of ether oxygens (including phenoxy) is 1. The number of benzene rings is 2. The smallest absolute Gasteiger partial charge is 0.270 e. The molecule has 3 rings (SSSR count). The molecule has 0 aliphatic carbocycles. The van der Waals surface area contributed by atoms with E-state index in [9.17, 15) is 18.0 Å². The molecule has 0 radical (unpaired) electrons. The molecule has 0 saturated heterocycles. The molecule has 2 amide bonds. The van der Waals surface area contributed by atoms with Gasteiger partial charge in [0.2, 0.25) is 6.41 Å². The number of nitrogens with one attached hydrogen (secondary N) is 1. The molecule has 0 atom stereocenters. The fraction of sp³-hybridized carbons (Fsp3) is 0.174. The molecular weight excluding hydrogens is 482 g/mol. The maximum absolute atomic E-state index is 12.9. The van der Waals surface area contributed by atoms with Crippen LogP contribution >= 0.6 is 11.6 Å². The van der Waals surface area contributed by atoms with Gasteiger partial charge in [0.15, 0.2) is 0 Å². The lowest BCUT2D eigenvalue weighted by Crippen LogP contribution is -2.29. The molecule has 1 heterocycles. The van der Waals surface area contributed by atoms with Crippen molar-refractivity contribution >= 4 is 39.6 Å². The van der Waals surface area contributed by atoms with Crippen molar-refractivity contribution in [3.8, 4) is 5.75 Å². The van der Waals surface area contributed by atoms with Gasteiger partial charge in [-0.1, -0.05) is 23.7 Å². The Morgan fingerprint density at radius 2 is 1.91 bits per heavy atom. The summed E-state index contributed by atoms with van der Waals surface area (Å²) in [4.78, 5) is 27.8. The molecule has 9 nitrogen and oxygen atoms in total. The lowest BCUT2D eigenvalue weighted by molar-refractivity contribution is -0.106. The fourth-order valence-electron chi connectivity index (χ4n) is 3.11. The van der Waals surface area contributed by atoms with Crippen molar-refractivity contribution in [3.05, 3.63) is 82.6 Å². The average Bonchev–Trinajstić information content (AvgIpc) is 2.84. The Balaban J connectivity index is 1.66. The van der Waals surface area contributed by atoms with E-state index in [-0.39, 0.29) is 29.5 Å². The van der Waals surface area contributed by atoms with Gasteiger partial charge in [0.05, 0.1) is 41.8 Å². The normalized spacial score (nSPS) is 11.0. The molecule has 0 bridgehead atoms. The molecule has 11 heteroatoms. The Bertz CT molecular complexity index is 1260. The minimum absolute atomic E-state index is 0.0524. The summed E-state index contributed by atoms with van der Waals surface area (Å²) >= 11 is 5.92. The van der Waals surface area contributed by atoms with Gasteiger partial charge in [0.1, 0.15) is 5.75 Å². The van der Waals surface area contributed by atoms with E-state index in [1.807, 2.05) is 0 Å². The van der Waals surface area contributed by atoms with Crippen LogP contribution in [0.3, 0.4) is 0 Å². The number of halogens is 1. The van der Waals surface area contributed by atoms with Crippen LogP contribution in [0.2, 0.25) is 5.02 Å². The highest BCUT2D eigenvalue weighted by molar-refractivity contribution is 7.93. The Morgan fingerprint density at radius 1 is 1.18 bits per heavy atom. The number of carbonyl (C=O) groups excluding carboxylic acids is 2. The third kappa shape index (κ3) is 5.71. The van der Waals surface area contributed by atoms with Crippen molar-refractivity contribution in [1.29, 1.82) is 0 Å². The highest BCUT2D eigenvalue weighted by Crippen LogP contribution is 2.24. The van der Waals surface area contributed by atoms with E-state index < -0.39 is 10.0 Å². The monoisotopic (exact) mass is 503 g/mol. The predicted octanol–water partition coefficient (Wildman–Crippen LogP) is 2.56. The van der Waals surface area contributed by atoms with E-state index in [1.54, 1.807) is 30.3 Å². The number of aliphatic hydroxyl groups is 1. The number of pyridine rings is 1. The van der Waals surface area contributed by atoms with Crippen molar-refractivity contribution in [1.82, 2.24) is 10.3 Å². The molecule has 0 spiro atoms. The largest absolute Gasteiger partial charge is 0.496 e. The third-order valence-corrected chi connectivity index (χ3v) is 6.83. The van der Waals surface area contributed by atoms with E-state index in [4.69, 9.17) is 21.4 Å². The summed E-state index contributed by atoms with van der Waals surface area (Å²) in [5, 5.41) is 12.3. The number of hydrogen-bond donors (Lipinski definition) is 2. The van der Waals surface area contributed by atoms with E-state index >= 15 is 0 Å². The van der Waals surface area contributed by atoms with Crippen molar-refractivity contribution in [3.63, 3.8) is 0 Å². The highest BCUT2D eigenvalue weighted by atomic mass is 35.5. The zero-order valence-electron chi connectivity index (χ0n) is 18.1. The number of amides is 2. The number of anilines is 1. The van der Waals surface area contributed by atoms with Gasteiger partial charge < -0.3 is 15.2 Å². The van der Waals surface area contributed by atoms with Gasteiger partial charge in [-0.15, -0.1) is 0 Å². The highest BCUT2D eigenvalue weighted by Gasteiger charge is 2.25. The van der Waals surface area contributed by atoms with Gasteiger partial charge in [-0.05, 0) is 54.4 Å². The third-order valence-electron chi connectivity index (χ3n) is 4.91. The van der Waals surface area contributed by atoms with Crippen LogP contribution in [0.1, 0.15) is 21.6 Å². The van der Waals surface area contributed by atoms with Crippen LogP contribution in [-0.4, -0.2) is 44.5 Å². The second-order valence-corrected chi connectivity index (χ2v) is 9.32. The lowest BCUT2D eigenvalue weighted by atomic mass is 10.1. The standard InChI is InChI=1S/C23H22ClN3O6S/c1-33-22-12-17(24)4-9-21(22)23(30)25-11-10-16-2-7-20(8-3-16)34(31,32)27(15-29)19-6-5-18(14-28)26-13-19/h2-9,12-13,15,28H,10-11,14H2,1H3,(H,25,30). The lowest BCUT2D eigenvalue weighted by Gasteiger charge is -2.17. The van der Waals surface area contributed by atoms with Gasteiger partial charge in [0.25, 0.3) is 15.9 Å². The molecule has 2 N–H and O–H groups in total. The SMILES string of the molecule is COc1cc(Cl)ccc1C(=O)NCCc1ccc(S(=O)(=O)N(C=O)c2ccc(CO)nc2)cc1. The second kappa shape index (κ2) is 11.1. The number of hydrogen-bond acceptors (Lipinski definition) is 7. The Hall–Kier alpha value is -3.47. The molecule has 2 aromatic carbocycles. The number of sulfonamides is 1. The number of aromatic nitrogens is 1. The second-order valence-electron chi connectivity index (χ2n) is 7.07. The molecule has 178 valence electrons. The minimum atomic E-state index is -4.15. The molecule has 0 fully saturated rings. The average molecular weight is 504 g/mol. The molecule has 0 aliphatic rings. The minimum Gasteiger partial charge on any atom is -0.496 e. The zero-order valence-corrected chi connectivity index (χ0v) is 19.7. The summed E-state index contributed by atoms with van der Waals surface area (Å²) < 4.78 is 31.6. The van der Waals surface area contributed by atoms with Gasteiger partial charge in [-0.3, -0.25) is 14.6 Å². The van der Waals surface area contributed by atoms with Gasteiger partial charge in [0, 0.05) is 11.6 Å². The van der Waals surface area contributed by atoms with Gasteiger partial charge in [-0.2, -0.15) is 0 Å². The maximum Gasteiger partial charge on any atom is 0.270 e. The van der Waals surface area contributed by atoms with Crippen LogP contribution in [0.4, 0.5) is 5.69 Å². The van der Waals surface area contributed by atoms with Gasteiger partial charge >= 0.3 is 0 Å². The van der Waals surface area contributed by atoms with E-state index in [2.05, 4.69) is 10.3 Å². The first-order chi connectivity index (χ1) is 16.3. The molecule has 0 unspecified atom stereocenters. The zero-order chi connectivity index (χ0) is 24.7. The summed E-state index contributed by atoms with van der Waals surface area (Å²) in [6.45, 7) is 0.00330. The van der Waals surface area contributed by atoms with Crippen LogP contribution in [-0.2, 0) is 27.8 Å². The van der Waals surface area contributed by atoms with Crippen LogP contribution in [0.15, 0.2) is 65.7 Å². The first kappa shape index (κ1) is 25.2. The molecule has 34 heavy (non-hydrogen) atoms. The van der Waals surface area contributed by atoms with Crippen molar-refractivity contribution in [2.24, 2.45) is 0 Å².